The number of nitrogens with zero attached hydrogens (tertiary/aromatic N) is 1. The summed E-state index contributed by atoms with van der Waals surface area (Å²) >= 11 is 0. The topological polar surface area (TPSA) is 37.4 Å². The summed E-state index contributed by atoms with van der Waals surface area (Å²) in [6.07, 6.45) is 2.25. The van der Waals surface area contributed by atoms with E-state index in [4.69, 9.17) is 0 Å². The van der Waals surface area contributed by atoms with E-state index in [1.165, 1.54) is 0 Å². The van der Waals surface area contributed by atoms with Crippen LogP contribution in [0.5, 0.6) is 0 Å². The second-order valence-corrected chi connectivity index (χ2v) is 4.45. The summed E-state index contributed by atoms with van der Waals surface area (Å²) in [5, 5.41) is 0. The molecule has 1 atom stereocenters. The number of fused-ring (bicyclic) bond motifs is 2. The van der Waals surface area contributed by atoms with E-state index in [-0.39, 0.29) is 17.7 Å². The van der Waals surface area contributed by atoms with Crippen LogP contribution in [-0.2, 0) is 11.3 Å². The number of ketones is 1. The highest BCUT2D eigenvalue weighted by Gasteiger charge is 2.37. The van der Waals surface area contributed by atoms with E-state index in [0.717, 1.165) is 24.0 Å². The predicted octanol–water partition coefficient (Wildman–Crippen LogP) is 1.76. The van der Waals surface area contributed by atoms with Gasteiger partial charge in [-0.3, -0.25) is 9.59 Å². The van der Waals surface area contributed by atoms with Crippen molar-refractivity contribution < 1.29 is 9.59 Å². The first-order valence-corrected chi connectivity index (χ1v) is 5.69. The van der Waals surface area contributed by atoms with Crippen molar-refractivity contribution >= 4 is 11.7 Å². The lowest BCUT2D eigenvalue weighted by molar-refractivity contribution is -0.136. The van der Waals surface area contributed by atoms with Gasteiger partial charge in [-0.15, -0.1) is 0 Å². The second-order valence-electron chi connectivity index (χ2n) is 4.45. The first kappa shape index (κ1) is 9.58. The molecule has 1 aromatic carbocycles. The average molecular weight is 215 g/mol. The second kappa shape index (κ2) is 3.44. The molecule has 0 N–H and O–H groups in total. The number of carbonyl (C=O) groups excluding carboxylic acids is 2. The molecule has 0 radical (unpaired) electrons. The molecule has 1 aromatic rings. The molecular weight excluding hydrogens is 202 g/mol. The molecule has 16 heavy (non-hydrogen) atoms. The number of amides is 1. The minimum absolute atomic E-state index is 0.120. The van der Waals surface area contributed by atoms with Crippen molar-refractivity contribution in [1.82, 2.24) is 4.90 Å². The Morgan fingerprint density at radius 2 is 2.00 bits per heavy atom. The summed E-state index contributed by atoms with van der Waals surface area (Å²) in [6, 6.07) is 7.41. The quantitative estimate of drug-likeness (QED) is 0.661. The Balaban J connectivity index is 2.06. The summed E-state index contributed by atoms with van der Waals surface area (Å²) in [6.45, 7) is 0.603. The van der Waals surface area contributed by atoms with Crippen LogP contribution in [0.3, 0.4) is 0 Å². The van der Waals surface area contributed by atoms with Crippen molar-refractivity contribution in [1.29, 1.82) is 0 Å². The van der Waals surface area contributed by atoms with Gasteiger partial charge in [0.2, 0.25) is 5.91 Å². The third kappa shape index (κ3) is 1.28. The molecule has 0 aromatic heterocycles. The molecule has 2 aliphatic heterocycles. The van der Waals surface area contributed by atoms with Crippen LogP contribution in [0.1, 0.15) is 35.2 Å². The van der Waals surface area contributed by atoms with Gasteiger partial charge in [0.1, 0.15) is 0 Å². The molecule has 82 valence electrons. The van der Waals surface area contributed by atoms with Crippen molar-refractivity contribution in [2.24, 2.45) is 0 Å². The normalized spacial score (nSPS) is 24.0. The highest BCUT2D eigenvalue weighted by Crippen LogP contribution is 2.29. The highest BCUT2D eigenvalue weighted by molar-refractivity contribution is 6.04. The SMILES string of the molecule is O=C1c2ccccc2CN2C(=O)CCC[C@@H]12. The van der Waals surface area contributed by atoms with Crippen LogP contribution in [0.4, 0.5) is 0 Å². The number of hydrogen-bond donors (Lipinski definition) is 0. The number of benzene rings is 1. The van der Waals surface area contributed by atoms with Gasteiger partial charge in [-0.25, -0.2) is 0 Å². The maximum atomic E-state index is 12.2. The zero-order valence-electron chi connectivity index (χ0n) is 8.98. The van der Waals surface area contributed by atoms with Crippen molar-refractivity contribution in [2.75, 3.05) is 0 Å². The maximum absolute atomic E-state index is 12.2. The number of Topliss-reactive ketones (excluding diaryl/α,β-unsaturated/α-hetero) is 1. The molecule has 0 unspecified atom stereocenters. The van der Waals surface area contributed by atoms with Gasteiger partial charge in [-0.2, -0.15) is 0 Å². The lowest BCUT2D eigenvalue weighted by atomic mass is 9.87. The van der Waals surface area contributed by atoms with Gasteiger partial charge >= 0.3 is 0 Å². The van der Waals surface area contributed by atoms with Crippen molar-refractivity contribution in [3.63, 3.8) is 0 Å². The van der Waals surface area contributed by atoms with Gasteiger partial charge in [-0.1, -0.05) is 24.3 Å². The number of carbonyl (C=O) groups is 2. The fraction of sp³-hybridized carbons (Fsp3) is 0.385. The fourth-order valence-electron chi connectivity index (χ4n) is 2.65. The van der Waals surface area contributed by atoms with E-state index in [2.05, 4.69) is 0 Å². The van der Waals surface area contributed by atoms with Gasteiger partial charge in [0, 0.05) is 18.5 Å². The van der Waals surface area contributed by atoms with E-state index in [1.54, 1.807) is 4.90 Å². The molecule has 0 bridgehead atoms. The van der Waals surface area contributed by atoms with Gasteiger partial charge in [0.25, 0.3) is 0 Å². The molecule has 3 heteroatoms. The average Bonchev–Trinajstić information content (AvgIpc) is 2.31. The lowest BCUT2D eigenvalue weighted by Crippen LogP contribution is -2.50. The number of rotatable bonds is 0. The molecule has 3 rings (SSSR count). The Kier molecular flexibility index (Phi) is 2.06. The highest BCUT2D eigenvalue weighted by atomic mass is 16.2. The smallest absolute Gasteiger partial charge is 0.223 e. The molecule has 2 heterocycles. The zero-order valence-corrected chi connectivity index (χ0v) is 8.98. The summed E-state index contributed by atoms with van der Waals surface area (Å²) in [7, 11) is 0. The Labute approximate surface area is 94.1 Å². The molecule has 3 nitrogen and oxygen atoms in total. The van der Waals surface area contributed by atoms with Gasteiger partial charge in [-0.05, 0) is 18.4 Å². The van der Waals surface area contributed by atoms with Crippen LogP contribution in [0.2, 0.25) is 0 Å². The largest absolute Gasteiger partial charge is 0.328 e. The first-order valence-electron chi connectivity index (χ1n) is 5.69. The Hall–Kier alpha value is -1.64. The molecule has 2 aliphatic rings. The van der Waals surface area contributed by atoms with Crippen LogP contribution in [0, 0.1) is 0 Å². The molecule has 0 aliphatic carbocycles. The molecule has 0 saturated carbocycles. The van der Waals surface area contributed by atoms with E-state index in [0.29, 0.717) is 13.0 Å². The van der Waals surface area contributed by atoms with Crippen LogP contribution in [-0.4, -0.2) is 22.6 Å². The van der Waals surface area contributed by atoms with E-state index < -0.39 is 0 Å². The fourth-order valence-corrected chi connectivity index (χ4v) is 2.65. The van der Waals surface area contributed by atoms with Crippen LogP contribution in [0.25, 0.3) is 0 Å². The summed E-state index contributed by atoms with van der Waals surface area (Å²) in [4.78, 5) is 25.7. The van der Waals surface area contributed by atoms with E-state index in [1.807, 2.05) is 24.3 Å². The zero-order chi connectivity index (χ0) is 11.1. The van der Waals surface area contributed by atoms with Gasteiger partial charge in [0.15, 0.2) is 5.78 Å². The summed E-state index contributed by atoms with van der Waals surface area (Å²) in [5.74, 6) is 0.244. The van der Waals surface area contributed by atoms with Crippen LogP contribution >= 0.6 is 0 Å². The summed E-state index contributed by atoms with van der Waals surface area (Å²) in [5.41, 5.74) is 1.79. The number of piperidine rings is 1. The molecular formula is C13H13NO2. The van der Waals surface area contributed by atoms with Crippen molar-refractivity contribution in [2.45, 2.75) is 31.8 Å². The minimum Gasteiger partial charge on any atom is -0.328 e. The molecule has 0 spiro atoms. The van der Waals surface area contributed by atoms with E-state index in [9.17, 15) is 9.59 Å². The van der Waals surface area contributed by atoms with Gasteiger partial charge in [0.05, 0.1) is 6.04 Å². The predicted molar refractivity (Wildman–Crippen MR) is 59.0 cm³/mol. The van der Waals surface area contributed by atoms with E-state index >= 15 is 0 Å². The van der Waals surface area contributed by atoms with Crippen molar-refractivity contribution in [3.8, 4) is 0 Å². The first-order chi connectivity index (χ1) is 7.77. The standard InChI is InChI=1S/C13H13NO2/c15-12-7-3-6-11-13(16)10-5-2-1-4-9(10)8-14(11)12/h1-2,4-5,11H,3,6-8H2/t11-/m0/s1. The monoisotopic (exact) mass is 215 g/mol. The third-order valence-corrected chi connectivity index (χ3v) is 3.49. The van der Waals surface area contributed by atoms with Crippen LogP contribution < -0.4 is 0 Å². The molecule has 1 saturated heterocycles. The third-order valence-electron chi connectivity index (χ3n) is 3.49. The Morgan fingerprint density at radius 3 is 2.88 bits per heavy atom. The maximum Gasteiger partial charge on any atom is 0.223 e. The number of hydrogen-bond acceptors (Lipinski definition) is 2. The molecule has 1 amide bonds. The summed E-state index contributed by atoms with van der Waals surface area (Å²) < 4.78 is 0. The lowest BCUT2D eigenvalue weighted by Gasteiger charge is -2.38. The van der Waals surface area contributed by atoms with Gasteiger partial charge < -0.3 is 4.90 Å². The van der Waals surface area contributed by atoms with Crippen molar-refractivity contribution in [3.05, 3.63) is 35.4 Å². The Morgan fingerprint density at radius 1 is 1.19 bits per heavy atom. The Bertz CT molecular complexity index is 467. The van der Waals surface area contributed by atoms with Crippen LogP contribution in [0.15, 0.2) is 24.3 Å². The molecule has 1 fully saturated rings. The minimum atomic E-state index is -0.198.